The molecule has 1 aromatic rings. The predicted molar refractivity (Wildman–Crippen MR) is 66.0 cm³/mol. The molecule has 2 rings (SSSR count). The molecular weight excluding hydrogens is 255 g/mol. The smallest absolute Gasteiger partial charge is 0.161 e. The first-order valence-electron chi connectivity index (χ1n) is 6.60. The molecule has 1 aliphatic rings. The van der Waals surface area contributed by atoms with Crippen molar-refractivity contribution in [1.82, 2.24) is 5.32 Å². The molecule has 2 nitrogen and oxygen atoms in total. The van der Waals surface area contributed by atoms with Crippen molar-refractivity contribution in [2.24, 2.45) is 5.92 Å². The number of aliphatic hydroxyl groups excluding tert-OH is 1. The van der Waals surface area contributed by atoms with Crippen LogP contribution in [0.3, 0.4) is 0 Å². The first-order valence-corrected chi connectivity index (χ1v) is 6.60. The zero-order chi connectivity index (χ0) is 13.8. The fourth-order valence-corrected chi connectivity index (χ4v) is 2.56. The van der Waals surface area contributed by atoms with Gasteiger partial charge in [0.15, 0.2) is 11.6 Å². The fourth-order valence-electron chi connectivity index (χ4n) is 2.56. The molecular formula is C14H18F3NO. The van der Waals surface area contributed by atoms with E-state index in [0.29, 0.717) is 18.5 Å². The van der Waals surface area contributed by atoms with Crippen LogP contribution in [0.15, 0.2) is 12.1 Å². The van der Waals surface area contributed by atoms with Crippen molar-refractivity contribution in [1.29, 1.82) is 0 Å². The van der Waals surface area contributed by atoms with Crippen molar-refractivity contribution >= 4 is 0 Å². The maximum absolute atomic E-state index is 13.3. The van der Waals surface area contributed by atoms with Gasteiger partial charge in [-0.15, -0.1) is 0 Å². The van der Waals surface area contributed by atoms with Gasteiger partial charge in [-0.1, -0.05) is 12.8 Å². The van der Waals surface area contributed by atoms with Gasteiger partial charge < -0.3 is 10.4 Å². The van der Waals surface area contributed by atoms with Crippen LogP contribution < -0.4 is 5.32 Å². The van der Waals surface area contributed by atoms with Gasteiger partial charge in [-0.2, -0.15) is 0 Å². The maximum Gasteiger partial charge on any atom is 0.161 e. The van der Waals surface area contributed by atoms with Crippen molar-refractivity contribution < 1.29 is 18.3 Å². The van der Waals surface area contributed by atoms with Crippen LogP contribution in [0.4, 0.5) is 13.2 Å². The van der Waals surface area contributed by atoms with Crippen LogP contribution in [-0.2, 0) is 6.54 Å². The van der Waals surface area contributed by atoms with E-state index in [1.807, 2.05) is 0 Å². The number of rotatable bonds is 5. The number of hydrogen-bond acceptors (Lipinski definition) is 2. The minimum atomic E-state index is -1.19. The predicted octanol–water partition coefficient (Wildman–Crippen LogP) is 2.74. The molecule has 0 amide bonds. The Morgan fingerprint density at radius 2 is 1.74 bits per heavy atom. The van der Waals surface area contributed by atoms with Crippen LogP contribution in [0, 0.1) is 23.4 Å². The van der Waals surface area contributed by atoms with Gasteiger partial charge in [-0.3, -0.25) is 0 Å². The van der Waals surface area contributed by atoms with Gasteiger partial charge in [-0.05, 0) is 24.8 Å². The van der Waals surface area contributed by atoms with E-state index in [9.17, 15) is 18.3 Å². The Labute approximate surface area is 110 Å². The Kier molecular flexibility index (Phi) is 4.82. The molecule has 1 aliphatic carbocycles. The lowest BCUT2D eigenvalue weighted by atomic mass is 10.0. The molecule has 0 aromatic heterocycles. The summed E-state index contributed by atoms with van der Waals surface area (Å²) in [6.07, 6.45) is 3.85. The van der Waals surface area contributed by atoms with E-state index in [2.05, 4.69) is 5.32 Å². The van der Waals surface area contributed by atoms with Gasteiger partial charge in [0.05, 0.1) is 6.10 Å². The Morgan fingerprint density at radius 3 is 2.42 bits per heavy atom. The molecule has 5 heteroatoms. The quantitative estimate of drug-likeness (QED) is 0.809. The fraction of sp³-hybridized carbons (Fsp3) is 0.571. The van der Waals surface area contributed by atoms with Crippen molar-refractivity contribution in [3.63, 3.8) is 0 Å². The third-order valence-corrected chi connectivity index (χ3v) is 3.70. The lowest BCUT2D eigenvalue weighted by Crippen LogP contribution is -2.31. The van der Waals surface area contributed by atoms with E-state index in [0.717, 1.165) is 31.7 Å². The minimum absolute atomic E-state index is 0.0671. The summed E-state index contributed by atoms with van der Waals surface area (Å²) in [4.78, 5) is 0. The molecule has 0 spiro atoms. The van der Waals surface area contributed by atoms with E-state index in [-0.39, 0.29) is 12.1 Å². The van der Waals surface area contributed by atoms with Crippen LogP contribution in [0.5, 0.6) is 0 Å². The zero-order valence-corrected chi connectivity index (χ0v) is 10.6. The minimum Gasteiger partial charge on any atom is -0.392 e. The molecule has 1 fully saturated rings. The SMILES string of the molecule is OC(CNCc1cc(F)c(F)cc1F)C1CCCC1. The molecule has 2 N–H and O–H groups in total. The average Bonchev–Trinajstić information content (AvgIpc) is 2.89. The largest absolute Gasteiger partial charge is 0.392 e. The summed E-state index contributed by atoms with van der Waals surface area (Å²) in [6.45, 7) is 0.413. The topological polar surface area (TPSA) is 32.3 Å². The number of aliphatic hydroxyl groups is 1. The normalized spacial score (nSPS) is 17.9. The second-order valence-electron chi connectivity index (χ2n) is 5.10. The van der Waals surface area contributed by atoms with Crippen LogP contribution in [0.2, 0.25) is 0 Å². The summed E-state index contributed by atoms with van der Waals surface area (Å²) in [5.41, 5.74) is 0.0671. The standard InChI is InChI=1S/C14H18F3NO/c15-11-6-13(17)12(16)5-10(11)7-18-8-14(19)9-3-1-2-4-9/h5-6,9,14,18-19H,1-4,7-8H2. The first-order chi connectivity index (χ1) is 9.08. The molecule has 1 saturated carbocycles. The second-order valence-corrected chi connectivity index (χ2v) is 5.10. The third kappa shape index (κ3) is 3.70. The van der Waals surface area contributed by atoms with Crippen molar-refractivity contribution in [3.05, 3.63) is 35.1 Å². The van der Waals surface area contributed by atoms with Crippen LogP contribution >= 0.6 is 0 Å². The number of nitrogens with one attached hydrogen (secondary N) is 1. The number of hydrogen-bond donors (Lipinski definition) is 2. The molecule has 0 aliphatic heterocycles. The van der Waals surface area contributed by atoms with Crippen molar-refractivity contribution in [3.8, 4) is 0 Å². The van der Waals surface area contributed by atoms with Gasteiger partial charge >= 0.3 is 0 Å². The van der Waals surface area contributed by atoms with E-state index >= 15 is 0 Å². The van der Waals surface area contributed by atoms with Crippen LogP contribution in [-0.4, -0.2) is 17.8 Å². The highest BCUT2D eigenvalue weighted by Crippen LogP contribution is 2.27. The van der Waals surface area contributed by atoms with Gasteiger partial charge in [0.1, 0.15) is 5.82 Å². The molecule has 0 heterocycles. The highest BCUT2D eigenvalue weighted by Gasteiger charge is 2.22. The zero-order valence-electron chi connectivity index (χ0n) is 10.6. The molecule has 1 aromatic carbocycles. The van der Waals surface area contributed by atoms with Gasteiger partial charge in [0.25, 0.3) is 0 Å². The third-order valence-electron chi connectivity index (χ3n) is 3.70. The molecule has 19 heavy (non-hydrogen) atoms. The summed E-state index contributed by atoms with van der Waals surface area (Å²) in [5, 5.41) is 12.8. The molecule has 0 saturated heterocycles. The summed E-state index contributed by atoms with van der Waals surface area (Å²) in [6, 6.07) is 1.39. The molecule has 0 bridgehead atoms. The summed E-state index contributed by atoms with van der Waals surface area (Å²) in [7, 11) is 0. The highest BCUT2D eigenvalue weighted by molar-refractivity contribution is 5.19. The Balaban J connectivity index is 1.83. The summed E-state index contributed by atoms with van der Waals surface area (Å²) >= 11 is 0. The Bertz CT molecular complexity index is 433. The van der Waals surface area contributed by atoms with Gasteiger partial charge in [0, 0.05) is 24.7 Å². The Morgan fingerprint density at radius 1 is 1.11 bits per heavy atom. The van der Waals surface area contributed by atoms with Gasteiger partial charge in [0.2, 0.25) is 0 Å². The van der Waals surface area contributed by atoms with Crippen molar-refractivity contribution in [2.75, 3.05) is 6.54 Å². The lowest BCUT2D eigenvalue weighted by Gasteiger charge is -2.18. The van der Waals surface area contributed by atoms with Crippen LogP contribution in [0.25, 0.3) is 0 Å². The molecule has 1 unspecified atom stereocenters. The second kappa shape index (κ2) is 6.39. The monoisotopic (exact) mass is 273 g/mol. The van der Waals surface area contributed by atoms with E-state index in [1.165, 1.54) is 0 Å². The maximum atomic E-state index is 13.3. The van der Waals surface area contributed by atoms with E-state index in [4.69, 9.17) is 0 Å². The number of benzene rings is 1. The summed E-state index contributed by atoms with van der Waals surface area (Å²) in [5.74, 6) is -2.73. The highest BCUT2D eigenvalue weighted by atomic mass is 19.2. The number of halogens is 3. The lowest BCUT2D eigenvalue weighted by molar-refractivity contribution is 0.109. The summed E-state index contributed by atoms with van der Waals surface area (Å²) < 4.78 is 39.1. The molecule has 1 atom stereocenters. The molecule has 0 radical (unpaired) electrons. The first kappa shape index (κ1) is 14.3. The van der Waals surface area contributed by atoms with E-state index in [1.54, 1.807) is 0 Å². The van der Waals surface area contributed by atoms with Crippen molar-refractivity contribution in [2.45, 2.75) is 38.3 Å². The van der Waals surface area contributed by atoms with E-state index < -0.39 is 23.6 Å². The average molecular weight is 273 g/mol. The molecule has 106 valence electrons. The van der Waals surface area contributed by atoms with Gasteiger partial charge in [-0.25, -0.2) is 13.2 Å². The van der Waals surface area contributed by atoms with Crippen LogP contribution in [0.1, 0.15) is 31.2 Å². The Hall–Kier alpha value is -1.07.